The number of anilines is 1. The Morgan fingerprint density at radius 2 is 2.00 bits per heavy atom. The summed E-state index contributed by atoms with van der Waals surface area (Å²) in [6.45, 7) is 5.61. The lowest BCUT2D eigenvalue weighted by atomic mass is 10.2. The largest absolute Gasteiger partial charge is 0.380 e. The summed E-state index contributed by atoms with van der Waals surface area (Å²) >= 11 is 0. The molecule has 0 bridgehead atoms. The van der Waals surface area contributed by atoms with E-state index in [1.807, 2.05) is 6.20 Å². The summed E-state index contributed by atoms with van der Waals surface area (Å²) < 4.78 is 5.48. The molecule has 1 aromatic heterocycles. The molecule has 1 fully saturated rings. The summed E-state index contributed by atoms with van der Waals surface area (Å²) in [5.41, 5.74) is 2.33. The first-order chi connectivity index (χ1) is 8.93. The maximum absolute atomic E-state index is 5.48. The highest BCUT2D eigenvalue weighted by Gasteiger charge is 2.15. The van der Waals surface area contributed by atoms with Crippen LogP contribution >= 0.6 is 0 Å². The first-order valence-corrected chi connectivity index (χ1v) is 6.82. The molecule has 1 saturated heterocycles. The SMILES string of the molecule is c1nc2c(nc1N1CCCOCC1)CCNCC2. The van der Waals surface area contributed by atoms with Crippen molar-refractivity contribution in [1.82, 2.24) is 15.3 Å². The number of aromatic nitrogens is 2. The van der Waals surface area contributed by atoms with E-state index in [2.05, 4.69) is 15.2 Å². The highest BCUT2D eigenvalue weighted by atomic mass is 16.5. The summed E-state index contributed by atoms with van der Waals surface area (Å²) in [6, 6.07) is 0. The molecule has 0 saturated carbocycles. The molecule has 0 unspecified atom stereocenters. The third-order valence-corrected chi connectivity index (χ3v) is 3.54. The second-order valence-corrected chi connectivity index (χ2v) is 4.82. The van der Waals surface area contributed by atoms with Crippen LogP contribution in [0.25, 0.3) is 0 Å². The molecule has 18 heavy (non-hydrogen) atoms. The molecule has 3 heterocycles. The van der Waals surface area contributed by atoms with Crippen molar-refractivity contribution >= 4 is 5.82 Å². The van der Waals surface area contributed by atoms with E-state index in [1.165, 1.54) is 5.69 Å². The quantitative estimate of drug-likeness (QED) is 0.779. The molecule has 5 heteroatoms. The predicted molar refractivity (Wildman–Crippen MR) is 70.0 cm³/mol. The van der Waals surface area contributed by atoms with E-state index in [-0.39, 0.29) is 0 Å². The van der Waals surface area contributed by atoms with Crippen molar-refractivity contribution in [2.75, 3.05) is 44.3 Å². The van der Waals surface area contributed by atoms with E-state index >= 15 is 0 Å². The van der Waals surface area contributed by atoms with Gasteiger partial charge in [0.1, 0.15) is 5.82 Å². The summed E-state index contributed by atoms with van der Waals surface area (Å²) in [7, 11) is 0. The van der Waals surface area contributed by atoms with Crippen LogP contribution in [0.15, 0.2) is 6.20 Å². The summed E-state index contributed by atoms with van der Waals surface area (Å²) in [6.07, 6.45) is 4.97. The number of nitrogens with zero attached hydrogens (tertiary/aromatic N) is 3. The van der Waals surface area contributed by atoms with Crippen molar-refractivity contribution in [3.05, 3.63) is 17.6 Å². The van der Waals surface area contributed by atoms with Crippen LogP contribution in [0, 0.1) is 0 Å². The lowest BCUT2D eigenvalue weighted by Gasteiger charge is -2.21. The maximum atomic E-state index is 5.48. The minimum atomic E-state index is 0.792. The van der Waals surface area contributed by atoms with Crippen LogP contribution in [0.1, 0.15) is 17.8 Å². The summed E-state index contributed by atoms with van der Waals surface area (Å²) in [5, 5.41) is 3.39. The second-order valence-electron chi connectivity index (χ2n) is 4.82. The van der Waals surface area contributed by atoms with Gasteiger partial charge in [0.05, 0.1) is 24.2 Å². The van der Waals surface area contributed by atoms with Crippen LogP contribution in [0.3, 0.4) is 0 Å². The van der Waals surface area contributed by atoms with Crippen molar-refractivity contribution in [2.24, 2.45) is 0 Å². The standard InChI is InChI=1S/C13H20N4O/c1-6-17(7-9-18-8-1)13-10-15-11-2-4-14-5-3-12(11)16-13/h10,14H,1-9H2. The minimum absolute atomic E-state index is 0.792. The van der Waals surface area contributed by atoms with Gasteiger partial charge in [0, 0.05) is 45.6 Å². The average Bonchev–Trinajstić information content (AvgIpc) is 2.80. The van der Waals surface area contributed by atoms with E-state index in [9.17, 15) is 0 Å². The van der Waals surface area contributed by atoms with Crippen molar-refractivity contribution in [1.29, 1.82) is 0 Å². The molecule has 0 aromatic carbocycles. The Morgan fingerprint density at radius 3 is 2.94 bits per heavy atom. The Kier molecular flexibility index (Phi) is 3.71. The molecule has 1 N–H and O–H groups in total. The minimum Gasteiger partial charge on any atom is -0.380 e. The second kappa shape index (κ2) is 5.63. The normalized spacial score (nSPS) is 21.0. The Labute approximate surface area is 108 Å². The van der Waals surface area contributed by atoms with E-state index in [0.717, 1.165) is 70.2 Å². The highest BCUT2D eigenvalue weighted by Crippen LogP contribution is 2.16. The van der Waals surface area contributed by atoms with Gasteiger partial charge in [-0.25, -0.2) is 4.98 Å². The zero-order valence-corrected chi connectivity index (χ0v) is 10.7. The average molecular weight is 248 g/mol. The van der Waals surface area contributed by atoms with Gasteiger partial charge in [-0.05, 0) is 6.42 Å². The zero-order chi connectivity index (χ0) is 12.2. The van der Waals surface area contributed by atoms with Gasteiger partial charge in [-0.15, -0.1) is 0 Å². The van der Waals surface area contributed by atoms with E-state index in [0.29, 0.717) is 0 Å². The zero-order valence-electron chi connectivity index (χ0n) is 10.7. The smallest absolute Gasteiger partial charge is 0.147 e. The number of fused-ring (bicyclic) bond motifs is 1. The van der Waals surface area contributed by atoms with Gasteiger partial charge in [0.15, 0.2) is 0 Å². The third-order valence-electron chi connectivity index (χ3n) is 3.54. The number of hydrogen-bond acceptors (Lipinski definition) is 5. The Balaban J connectivity index is 1.81. The topological polar surface area (TPSA) is 50.3 Å². The van der Waals surface area contributed by atoms with Gasteiger partial charge in [-0.1, -0.05) is 0 Å². The number of ether oxygens (including phenoxy) is 1. The van der Waals surface area contributed by atoms with Gasteiger partial charge in [-0.3, -0.25) is 4.98 Å². The lowest BCUT2D eigenvalue weighted by molar-refractivity contribution is 0.152. The monoisotopic (exact) mass is 248 g/mol. The molecule has 0 spiro atoms. The van der Waals surface area contributed by atoms with Crippen LogP contribution in [-0.2, 0) is 17.6 Å². The Morgan fingerprint density at radius 1 is 1.11 bits per heavy atom. The van der Waals surface area contributed by atoms with Crippen LogP contribution < -0.4 is 10.2 Å². The number of hydrogen-bond donors (Lipinski definition) is 1. The molecule has 3 rings (SSSR count). The van der Waals surface area contributed by atoms with Gasteiger partial charge in [0.25, 0.3) is 0 Å². The van der Waals surface area contributed by atoms with E-state index < -0.39 is 0 Å². The van der Waals surface area contributed by atoms with Gasteiger partial charge >= 0.3 is 0 Å². The predicted octanol–water partition coefficient (Wildman–Crippen LogP) is 0.392. The van der Waals surface area contributed by atoms with Gasteiger partial charge < -0.3 is 15.0 Å². The van der Waals surface area contributed by atoms with Crippen LogP contribution in [0.2, 0.25) is 0 Å². The van der Waals surface area contributed by atoms with Crippen molar-refractivity contribution in [3.8, 4) is 0 Å². The van der Waals surface area contributed by atoms with E-state index in [4.69, 9.17) is 9.72 Å². The van der Waals surface area contributed by atoms with Crippen molar-refractivity contribution < 1.29 is 4.74 Å². The molecule has 2 aliphatic rings. The van der Waals surface area contributed by atoms with E-state index in [1.54, 1.807) is 0 Å². The molecule has 1 aromatic rings. The maximum Gasteiger partial charge on any atom is 0.147 e. The molecule has 2 aliphatic heterocycles. The van der Waals surface area contributed by atoms with Gasteiger partial charge in [0.2, 0.25) is 0 Å². The fraction of sp³-hybridized carbons (Fsp3) is 0.692. The molecule has 5 nitrogen and oxygen atoms in total. The Bertz CT molecular complexity index is 402. The molecule has 0 radical (unpaired) electrons. The lowest BCUT2D eigenvalue weighted by Crippen LogP contribution is -2.27. The van der Waals surface area contributed by atoms with Crippen LogP contribution in [-0.4, -0.2) is 49.4 Å². The molecular formula is C13H20N4O. The molecule has 0 amide bonds. The number of rotatable bonds is 1. The van der Waals surface area contributed by atoms with Crippen LogP contribution in [0.4, 0.5) is 5.82 Å². The molecule has 98 valence electrons. The summed E-state index contributed by atoms with van der Waals surface area (Å²) in [5.74, 6) is 1.01. The van der Waals surface area contributed by atoms with Crippen LogP contribution in [0.5, 0.6) is 0 Å². The van der Waals surface area contributed by atoms with Crippen molar-refractivity contribution in [3.63, 3.8) is 0 Å². The number of nitrogens with one attached hydrogen (secondary N) is 1. The first kappa shape index (κ1) is 11.9. The highest BCUT2D eigenvalue weighted by molar-refractivity contribution is 5.38. The van der Waals surface area contributed by atoms with Crippen molar-refractivity contribution in [2.45, 2.75) is 19.3 Å². The first-order valence-electron chi connectivity index (χ1n) is 6.82. The summed E-state index contributed by atoms with van der Waals surface area (Å²) in [4.78, 5) is 11.7. The molecule has 0 aliphatic carbocycles. The third kappa shape index (κ3) is 2.62. The molecule has 0 atom stereocenters. The molecular weight excluding hydrogens is 228 g/mol. The van der Waals surface area contributed by atoms with Gasteiger partial charge in [-0.2, -0.15) is 0 Å². The fourth-order valence-electron chi connectivity index (χ4n) is 2.52. The Hall–Kier alpha value is -1.20. The fourth-order valence-corrected chi connectivity index (χ4v) is 2.52.